The van der Waals surface area contributed by atoms with E-state index in [0.29, 0.717) is 26.2 Å². The third kappa shape index (κ3) is 6.37. The van der Waals surface area contributed by atoms with Crippen LogP contribution < -0.4 is 4.90 Å². The van der Waals surface area contributed by atoms with E-state index >= 15 is 0 Å². The Morgan fingerprint density at radius 3 is 2.21 bits per heavy atom. The molecule has 1 heterocycles. The van der Waals surface area contributed by atoms with Crippen molar-refractivity contribution >= 4 is 20.1 Å². The maximum absolute atomic E-state index is 12.8. The number of phenols is 1. The molecule has 1 aliphatic heterocycles. The molecule has 1 atom stereocenters. The number of carbonyl (C=O) groups excluding carboxylic acids is 1. The molecule has 164 valence electrons. The van der Waals surface area contributed by atoms with Crippen molar-refractivity contribution in [3.05, 3.63) is 24.3 Å². The van der Waals surface area contributed by atoms with Crippen LogP contribution in [0.4, 0.5) is 10.5 Å². The molecule has 1 saturated heterocycles. The van der Waals surface area contributed by atoms with Gasteiger partial charge in [-0.2, -0.15) is 0 Å². The molecule has 0 saturated carbocycles. The monoisotopic (exact) mass is 422 g/mol. The van der Waals surface area contributed by atoms with Crippen molar-refractivity contribution in [3.8, 4) is 5.75 Å². The number of rotatable bonds is 4. The van der Waals surface area contributed by atoms with Gasteiger partial charge in [0, 0.05) is 25.3 Å². The van der Waals surface area contributed by atoms with Crippen LogP contribution >= 0.6 is 0 Å². The molecule has 0 radical (unpaired) electrons. The lowest BCUT2D eigenvalue weighted by Crippen LogP contribution is -2.59. The summed E-state index contributed by atoms with van der Waals surface area (Å²) in [4.78, 5) is 16.9. The number of hydrogen-bond acceptors (Lipinski definition) is 5. The third-order valence-corrected chi connectivity index (χ3v) is 10.3. The summed E-state index contributed by atoms with van der Waals surface area (Å²) >= 11 is 0. The predicted octanol–water partition coefficient (Wildman–Crippen LogP) is 4.84. The number of aromatic hydroxyl groups is 1. The number of piperazine rings is 1. The second kappa shape index (κ2) is 8.56. The first-order valence-electron chi connectivity index (χ1n) is 10.4. The molecule has 0 aromatic heterocycles. The fourth-order valence-electron chi connectivity index (χ4n) is 2.98. The van der Waals surface area contributed by atoms with E-state index in [-0.39, 0.29) is 22.9 Å². The zero-order valence-corrected chi connectivity index (χ0v) is 20.3. The molecule has 6 nitrogen and oxygen atoms in total. The van der Waals surface area contributed by atoms with Gasteiger partial charge in [0.15, 0.2) is 8.32 Å². The Hall–Kier alpha value is -1.73. The lowest BCUT2D eigenvalue weighted by molar-refractivity contribution is 0.00783. The molecule has 0 bridgehead atoms. The minimum atomic E-state index is -1.94. The normalized spacial score (nSPS) is 18.7. The highest BCUT2D eigenvalue weighted by Crippen LogP contribution is 2.37. The fourth-order valence-corrected chi connectivity index (χ4v) is 4.02. The van der Waals surface area contributed by atoms with Crippen molar-refractivity contribution in [1.29, 1.82) is 0 Å². The summed E-state index contributed by atoms with van der Waals surface area (Å²) in [5.74, 6) is 0.249. The van der Waals surface area contributed by atoms with Crippen molar-refractivity contribution < 1.29 is 19.1 Å². The van der Waals surface area contributed by atoms with Crippen LogP contribution in [0, 0.1) is 0 Å². The van der Waals surface area contributed by atoms with E-state index < -0.39 is 13.9 Å². The Morgan fingerprint density at radius 1 is 1.10 bits per heavy atom. The van der Waals surface area contributed by atoms with Gasteiger partial charge < -0.3 is 19.2 Å². The maximum Gasteiger partial charge on any atom is 0.410 e. The summed E-state index contributed by atoms with van der Waals surface area (Å²) in [5, 5.41) is 9.68. The molecule has 0 spiro atoms. The molecule has 1 aromatic rings. The number of anilines is 1. The van der Waals surface area contributed by atoms with E-state index in [1.807, 2.05) is 37.8 Å². The maximum atomic E-state index is 12.8. The molecule has 7 heteroatoms. The zero-order chi connectivity index (χ0) is 22.0. The standard InChI is InChI=1S/C22H38N2O4Si/c1-21(2,3)28-20(26)24-14-13-23(17-9-11-19(25)12-10-17)15-18(24)16-27-29(7,8)22(4,5)6/h9-12,18,25H,13-16H2,1-8H3/t18-/m1/s1. The van der Waals surface area contributed by atoms with Gasteiger partial charge in [0.1, 0.15) is 11.4 Å². The summed E-state index contributed by atoms with van der Waals surface area (Å²) in [7, 11) is -1.94. The van der Waals surface area contributed by atoms with Gasteiger partial charge in [0.25, 0.3) is 0 Å². The van der Waals surface area contributed by atoms with Gasteiger partial charge >= 0.3 is 6.09 Å². The lowest BCUT2D eigenvalue weighted by Gasteiger charge is -2.44. The molecular formula is C22H38N2O4Si. The van der Waals surface area contributed by atoms with Gasteiger partial charge in [-0.1, -0.05) is 20.8 Å². The molecule has 29 heavy (non-hydrogen) atoms. The van der Waals surface area contributed by atoms with Crippen molar-refractivity contribution in [3.63, 3.8) is 0 Å². The first kappa shape index (κ1) is 23.5. The van der Waals surface area contributed by atoms with E-state index in [9.17, 15) is 9.90 Å². The molecule has 0 unspecified atom stereocenters. The van der Waals surface area contributed by atoms with Crippen molar-refractivity contribution in [2.24, 2.45) is 0 Å². The SMILES string of the molecule is CC(C)(C)OC(=O)N1CCN(c2ccc(O)cc2)C[C@@H]1CO[Si](C)(C)C(C)(C)C. The molecule has 0 aliphatic carbocycles. The van der Waals surface area contributed by atoms with E-state index in [1.165, 1.54) is 0 Å². The van der Waals surface area contributed by atoms with Gasteiger partial charge in [0.2, 0.25) is 0 Å². The largest absolute Gasteiger partial charge is 0.508 e. The third-order valence-electron chi connectivity index (χ3n) is 5.77. The lowest BCUT2D eigenvalue weighted by atomic mass is 10.1. The summed E-state index contributed by atoms with van der Waals surface area (Å²) in [6.45, 7) is 19.2. The Labute approximate surface area is 176 Å². The Bertz CT molecular complexity index is 692. The number of carbonyl (C=O) groups is 1. The van der Waals surface area contributed by atoms with Crippen molar-refractivity contribution in [2.45, 2.75) is 71.3 Å². The highest BCUT2D eigenvalue weighted by Gasteiger charge is 2.40. The first-order chi connectivity index (χ1) is 13.2. The number of hydrogen-bond donors (Lipinski definition) is 1. The average molecular weight is 423 g/mol. The Balaban J connectivity index is 2.18. The second-order valence-electron chi connectivity index (χ2n) is 10.4. The Morgan fingerprint density at radius 2 is 1.69 bits per heavy atom. The summed E-state index contributed by atoms with van der Waals surface area (Å²) in [5.41, 5.74) is 0.500. The van der Waals surface area contributed by atoms with Crippen LogP contribution in [0.2, 0.25) is 18.1 Å². The Kier molecular flexibility index (Phi) is 6.95. The average Bonchev–Trinajstić information content (AvgIpc) is 2.58. The van der Waals surface area contributed by atoms with Gasteiger partial charge in [-0.25, -0.2) is 4.79 Å². The molecule has 1 aliphatic rings. The van der Waals surface area contributed by atoms with Crippen LogP contribution in [-0.2, 0) is 9.16 Å². The number of phenolic OH excluding ortho intramolecular Hbond substituents is 1. The zero-order valence-electron chi connectivity index (χ0n) is 19.3. The van der Waals surface area contributed by atoms with E-state index in [0.717, 1.165) is 5.69 Å². The number of nitrogens with zero attached hydrogens (tertiary/aromatic N) is 2. The number of benzene rings is 1. The molecule has 1 amide bonds. The molecule has 1 aromatic carbocycles. The van der Waals surface area contributed by atoms with E-state index in [4.69, 9.17) is 9.16 Å². The summed E-state index contributed by atoms with van der Waals surface area (Å²) in [6.07, 6.45) is -0.285. The minimum absolute atomic E-state index is 0.0958. The van der Waals surface area contributed by atoms with Crippen LogP contribution in [0.1, 0.15) is 41.5 Å². The molecule has 2 rings (SSSR count). The van der Waals surface area contributed by atoms with Crippen LogP contribution in [0.3, 0.4) is 0 Å². The fraction of sp³-hybridized carbons (Fsp3) is 0.682. The van der Waals surface area contributed by atoms with Gasteiger partial charge in [0.05, 0.1) is 12.6 Å². The van der Waals surface area contributed by atoms with Crippen LogP contribution in [0.5, 0.6) is 5.75 Å². The molecule has 1 fully saturated rings. The quantitative estimate of drug-likeness (QED) is 0.704. The summed E-state index contributed by atoms with van der Waals surface area (Å²) < 4.78 is 12.1. The smallest absolute Gasteiger partial charge is 0.410 e. The summed E-state index contributed by atoms with van der Waals surface area (Å²) in [6, 6.07) is 7.10. The highest BCUT2D eigenvalue weighted by molar-refractivity contribution is 6.74. The number of amides is 1. The number of ether oxygens (including phenoxy) is 1. The van der Waals surface area contributed by atoms with Crippen molar-refractivity contribution in [1.82, 2.24) is 4.90 Å². The van der Waals surface area contributed by atoms with Crippen molar-refractivity contribution in [2.75, 3.05) is 31.1 Å². The second-order valence-corrected chi connectivity index (χ2v) is 15.2. The van der Waals surface area contributed by atoms with Gasteiger partial charge in [-0.3, -0.25) is 4.90 Å². The van der Waals surface area contributed by atoms with E-state index in [2.05, 4.69) is 38.8 Å². The molecule has 1 N–H and O–H groups in total. The van der Waals surface area contributed by atoms with E-state index in [1.54, 1.807) is 12.1 Å². The molecular weight excluding hydrogens is 384 g/mol. The highest BCUT2D eigenvalue weighted by atomic mass is 28.4. The van der Waals surface area contributed by atoms with Crippen LogP contribution in [0.15, 0.2) is 24.3 Å². The van der Waals surface area contributed by atoms with Gasteiger partial charge in [-0.15, -0.1) is 0 Å². The van der Waals surface area contributed by atoms with Gasteiger partial charge in [-0.05, 0) is 63.2 Å². The topological polar surface area (TPSA) is 62.2 Å². The first-order valence-corrected chi connectivity index (χ1v) is 13.3. The van der Waals surface area contributed by atoms with Crippen LogP contribution in [0.25, 0.3) is 0 Å². The minimum Gasteiger partial charge on any atom is -0.508 e. The predicted molar refractivity (Wildman–Crippen MR) is 120 cm³/mol. The van der Waals surface area contributed by atoms with Crippen LogP contribution in [-0.4, -0.2) is 62.3 Å².